The molecule has 2 rings (SSSR count). The summed E-state index contributed by atoms with van der Waals surface area (Å²) in [5, 5.41) is 3.93. The number of methoxy groups -OCH3 is 1. The van der Waals surface area contributed by atoms with Crippen molar-refractivity contribution < 1.29 is 14.1 Å². The lowest BCUT2D eigenvalue weighted by Gasteiger charge is -2.38. The van der Waals surface area contributed by atoms with E-state index in [1.807, 2.05) is 18.7 Å². The molecule has 0 N–H and O–H groups in total. The minimum atomic E-state index is -0.125. The molecule has 2 heterocycles. The van der Waals surface area contributed by atoms with E-state index in [1.54, 1.807) is 7.11 Å². The Bertz CT molecular complexity index is 470. The van der Waals surface area contributed by atoms with Crippen LogP contribution in [0.3, 0.4) is 0 Å². The number of amides is 1. The van der Waals surface area contributed by atoms with Crippen molar-refractivity contribution in [2.75, 3.05) is 20.3 Å². The second kappa shape index (κ2) is 6.60. The van der Waals surface area contributed by atoms with Gasteiger partial charge < -0.3 is 14.2 Å². The minimum Gasteiger partial charge on any atom is -0.382 e. The molecule has 5 nitrogen and oxygen atoms in total. The first-order chi connectivity index (χ1) is 10.0. The number of likely N-dealkylation sites (tertiary alicyclic amines) is 1. The second-order valence-electron chi connectivity index (χ2n) is 6.04. The Morgan fingerprint density at radius 1 is 1.48 bits per heavy atom. The van der Waals surface area contributed by atoms with Crippen LogP contribution < -0.4 is 0 Å². The first-order valence-electron chi connectivity index (χ1n) is 7.75. The summed E-state index contributed by atoms with van der Waals surface area (Å²) in [7, 11) is 1.71. The van der Waals surface area contributed by atoms with Gasteiger partial charge in [0.2, 0.25) is 5.91 Å². The van der Waals surface area contributed by atoms with Gasteiger partial charge in [0, 0.05) is 19.2 Å². The third-order valence-corrected chi connectivity index (χ3v) is 4.54. The van der Waals surface area contributed by atoms with Crippen molar-refractivity contribution in [3.63, 3.8) is 0 Å². The lowest BCUT2D eigenvalue weighted by atomic mass is 9.91. The highest BCUT2D eigenvalue weighted by Crippen LogP contribution is 2.34. The van der Waals surface area contributed by atoms with E-state index in [-0.39, 0.29) is 11.4 Å². The highest BCUT2D eigenvalue weighted by Gasteiger charge is 2.42. The summed E-state index contributed by atoms with van der Waals surface area (Å²) in [6.45, 7) is 7.35. The van der Waals surface area contributed by atoms with Crippen molar-refractivity contribution in [3.8, 4) is 0 Å². The van der Waals surface area contributed by atoms with Gasteiger partial charge in [0.1, 0.15) is 5.76 Å². The number of hydrogen-bond donors (Lipinski definition) is 0. The van der Waals surface area contributed by atoms with E-state index in [4.69, 9.17) is 9.26 Å². The summed E-state index contributed by atoms with van der Waals surface area (Å²) in [6.07, 6.45) is 4.50. The zero-order valence-corrected chi connectivity index (χ0v) is 13.6. The van der Waals surface area contributed by atoms with Crippen molar-refractivity contribution in [1.29, 1.82) is 0 Å². The van der Waals surface area contributed by atoms with Crippen LogP contribution in [0, 0.1) is 13.8 Å². The summed E-state index contributed by atoms with van der Waals surface area (Å²) in [5.74, 6) is 0.903. The number of carbonyl (C=O) groups excluding carboxylic acids is 1. The zero-order valence-electron chi connectivity index (χ0n) is 13.6. The van der Waals surface area contributed by atoms with Gasteiger partial charge in [0.05, 0.1) is 24.3 Å². The van der Waals surface area contributed by atoms with Gasteiger partial charge in [-0.25, -0.2) is 0 Å². The Kier molecular flexibility index (Phi) is 5.04. The van der Waals surface area contributed by atoms with Gasteiger partial charge in [-0.3, -0.25) is 4.79 Å². The van der Waals surface area contributed by atoms with Gasteiger partial charge in [-0.15, -0.1) is 0 Å². The molecule has 1 aromatic rings. The molecule has 1 fully saturated rings. The van der Waals surface area contributed by atoms with E-state index in [0.29, 0.717) is 13.0 Å². The third kappa shape index (κ3) is 3.12. The Morgan fingerprint density at radius 2 is 2.24 bits per heavy atom. The van der Waals surface area contributed by atoms with E-state index in [2.05, 4.69) is 12.1 Å². The van der Waals surface area contributed by atoms with Crippen molar-refractivity contribution >= 4 is 5.91 Å². The van der Waals surface area contributed by atoms with E-state index < -0.39 is 0 Å². The molecule has 0 radical (unpaired) electrons. The quantitative estimate of drug-likeness (QED) is 0.809. The van der Waals surface area contributed by atoms with E-state index in [0.717, 1.165) is 49.2 Å². The third-order valence-electron chi connectivity index (χ3n) is 4.54. The fraction of sp³-hybridized carbons (Fsp3) is 0.750. The van der Waals surface area contributed by atoms with Crippen LogP contribution in [-0.2, 0) is 16.0 Å². The second-order valence-corrected chi connectivity index (χ2v) is 6.04. The fourth-order valence-corrected chi connectivity index (χ4v) is 3.54. The molecule has 0 aliphatic carbocycles. The van der Waals surface area contributed by atoms with Crippen molar-refractivity contribution in [1.82, 2.24) is 10.1 Å². The molecular weight excluding hydrogens is 268 g/mol. The minimum absolute atomic E-state index is 0.125. The molecule has 1 aliphatic heterocycles. The molecule has 118 valence electrons. The summed E-state index contributed by atoms with van der Waals surface area (Å²) < 4.78 is 10.6. The molecular formula is C16H26N2O3. The molecule has 1 amide bonds. The first kappa shape index (κ1) is 16.0. The van der Waals surface area contributed by atoms with Gasteiger partial charge in [-0.2, -0.15) is 0 Å². The number of aromatic nitrogens is 1. The lowest BCUT2D eigenvalue weighted by molar-refractivity contribution is -0.137. The average molecular weight is 294 g/mol. The van der Waals surface area contributed by atoms with Crippen LogP contribution in [0.4, 0.5) is 0 Å². The van der Waals surface area contributed by atoms with Crippen LogP contribution in [-0.4, -0.2) is 41.8 Å². The Hall–Kier alpha value is -1.36. The summed E-state index contributed by atoms with van der Waals surface area (Å²) in [5.41, 5.74) is 1.61. The van der Waals surface area contributed by atoms with E-state index in [1.165, 1.54) is 0 Å². The molecule has 0 spiro atoms. The van der Waals surface area contributed by atoms with Crippen LogP contribution in [0.25, 0.3) is 0 Å². The van der Waals surface area contributed by atoms with Gasteiger partial charge in [0.15, 0.2) is 0 Å². The molecule has 5 heteroatoms. The molecule has 1 aliphatic rings. The summed E-state index contributed by atoms with van der Waals surface area (Å²) in [6, 6.07) is 0. The van der Waals surface area contributed by atoms with Crippen LogP contribution in [0.1, 0.15) is 49.6 Å². The topological polar surface area (TPSA) is 55.6 Å². The molecule has 0 bridgehead atoms. The molecule has 1 unspecified atom stereocenters. The van der Waals surface area contributed by atoms with Gasteiger partial charge in [-0.1, -0.05) is 18.5 Å². The van der Waals surface area contributed by atoms with Crippen molar-refractivity contribution in [3.05, 3.63) is 17.0 Å². The first-order valence-corrected chi connectivity index (χ1v) is 7.75. The van der Waals surface area contributed by atoms with E-state index in [9.17, 15) is 4.79 Å². The van der Waals surface area contributed by atoms with Crippen molar-refractivity contribution in [2.24, 2.45) is 0 Å². The van der Waals surface area contributed by atoms with Crippen molar-refractivity contribution in [2.45, 2.75) is 58.4 Å². The van der Waals surface area contributed by atoms with Crippen LogP contribution in [0.15, 0.2) is 4.52 Å². The number of carbonyl (C=O) groups is 1. The van der Waals surface area contributed by atoms with E-state index >= 15 is 0 Å². The number of aryl methyl sites for hydroxylation is 2. The molecule has 1 aromatic heterocycles. The Labute approximate surface area is 126 Å². The maximum Gasteiger partial charge on any atom is 0.227 e. The smallest absolute Gasteiger partial charge is 0.227 e. The maximum absolute atomic E-state index is 12.8. The predicted molar refractivity (Wildman–Crippen MR) is 80.1 cm³/mol. The highest BCUT2D eigenvalue weighted by molar-refractivity contribution is 5.80. The maximum atomic E-state index is 12.8. The standard InChI is InChI=1S/C16H26N2O3/c1-5-7-16(11-20-4)8-6-9-18(16)15(19)10-14-12(2)17-21-13(14)3/h5-11H2,1-4H3. The molecule has 1 atom stereocenters. The fourth-order valence-electron chi connectivity index (χ4n) is 3.54. The van der Waals surface area contributed by atoms with Gasteiger partial charge in [-0.05, 0) is 33.1 Å². The molecule has 0 saturated carbocycles. The van der Waals surface area contributed by atoms with Crippen LogP contribution in [0.2, 0.25) is 0 Å². The normalized spacial score (nSPS) is 22.0. The van der Waals surface area contributed by atoms with Gasteiger partial charge in [0.25, 0.3) is 0 Å². The molecule has 21 heavy (non-hydrogen) atoms. The van der Waals surface area contributed by atoms with Crippen LogP contribution in [0.5, 0.6) is 0 Å². The lowest BCUT2D eigenvalue weighted by Crippen LogP contribution is -2.51. The number of rotatable bonds is 6. The summed E-state index contributed by atoms with van der Waals surface area (Å²) >= 11 is 0. The highest BCUT2D eigenvalue weighted by atomic mass is 16.5. The zero-order chi connectivity index (χ0) is 15.5. The Morgan fingerprint density at radius 3 is 2.81 bits per heavy atom. The number of ether oxygens (including phenoxy) is 1. The SMILES string of the molecule is CCCC1(COC)CCCN1C(=O)Cc1c(C)noc1C. The van der Waals surface area contributed by atoms with Gasteiger partial charge >= 0.3 is 0 Å². The average Bonchev–Trinajstić information content (AvgIpc) is 2.98. The summed E-state index contributed by atoms with van der Waals surface area (Å²) in [4.78, 5) is 14.8. The number of hydrogen-bond acceptors (Lipinski definition) is 4. The molecule has 0 aromatic carbocycles. The number of nitrogens with zero attached hydrogens (tertiary/aromatic N) is 2. The largest absolute Gasteiger partial charge is 0.382 e. The monoisotopic (exact) mass is 294 g/mol. The molecule has 1 saturated heterocycles. The predicted octanol–water partition coefficient (Wildman–Crippen LogP) is 2.64. The Balaban J connectivity index is 2.17. The van der Waals surface area contributed by atoms with Crippen LogP contribution >= 0.6 is 0 Å².